The number of halogens is 1. The molecule has 44 heavy (non-hydrogen) atoms. The summed E-state index contributed by atoms with van der Waals surface area (Å²) in [7, 11) is 0. The maximum absolute atomic E-state index is 14.7. The first-order valence-corrected chi connectivity index (χ1v) is 14.6. The van der Waals surface area contributed by atoms with E-state index in [4.69, 9.17) is 5.26 Å². The maximum Gasteiger partial charge on any atom is 0.264 e. The van der Waals surface area contributed by atoms with Crippen LogP contribution in [0.1, 0.15) is 55.8 Å². The number of piperazine rings is 1. The molecule has 4 amide bonds. The molecular weight excluding hydrogens is 563 g/mol. The number of carbonyl (C=O) groups excluding carboxylic acids is 4. The Morgan fingerprint density at radius 2 is 1.70 bits per heavy atom. The molecule has 224 valence electrons. The van der Waals surface area contributed by atoms with Gasteiger partial charge in [0.2, 0.25) is 11.8 Å². The van der Waals surface area contributed by atoms with Crippen LogP contribution in [0.4, 0.5) is 15.8 Å². The van der Waals surface area contributed by atoms with E-state index in [0.29, 0.717) is 36.6 Å². The zero-order valence-corrected chi connectivity index (χ0v) is 24.2. The molecule has 0 radical (unpaired) electrons. The summed E-state index contributed by atoms with van der Waals surface area (Å²) in [5.74, 6) is -2.49. The molecule has 0 spiro atoms. The van der Waals surface area contributed by atoms with Crippen molar-refractivity contribution in [1.82, 2.24) is 15.1 Å². The lowest BCUT2D eigenvalue weighted by Crippen LogP contribution is -2.54. The van der Waals surface area contributed by atoms with Crippen molar-refractivity contribution in [2.75, 3.05) is 36.4 Å². The van der Waals surface area contributed by atoms with Gasteiger partial charge in [0.05, 0.1) is 28.4 Å². The number of carbonyl (C=O) groups is 4. The Morgan fingerprint density at radius 1 is 0.977 bits per heavy atom. The predicted molar refractivity (Wildman–Crippen MR) is 160 cm³/mol. The largest absolute Gasteiger partial charge is 0.380 e. The highest BCUT2D eigenvalue weighted by molar-refractivity contribution is 6.25. The van der Waals surface area contributed by atoms with E-state index in [9.17, 15) is 23.6 Å². The quantitative estimate of drug-likeness (QED) is 0.399. The van der Waals surface area contributed by atoms with Crippen molar-refractivity contribution in [2.24, 2.45) is 0 Å². The van der Waals surface area contributed by atoms with Crippen LogP contribution in [-0.4, -0.2) is 65.6 Å². The first-order valence-electron chi connectivity index (χ1n) is 14.6. The summed E-state index contributed by atoms with van der Waals surface area (Å²) < 4.78 is 14.7. The molecule has 2 N–H and O–H groups in total. The van der Waals surface area contributed by atoms with Gasteiger partial charge in [-0.1, -0.05) is 30.3 Å². The Morgan fingerprint density at radius 3 is 2.39 bits per heavy atom. The van der Waals surface area contributed by atoms with E-state index in [2.05, 4.69) is 27.7 Å². The number of hydrogen-bond donors (Lipinski definition) is 2. The number of nitrogens with one attached hydrogen (secondary N) is 2. The number of rotatable bonds is 7. The second-order valence-electron chi connectivity index (χ2n) is 11.3. The number of aryl methyl sites for hydroxylation is 1. The molecule has 3 aliphatic heterocycles. The van der Waals surface area contributed by atoms with E-state index in [1.807, 2.05) is 30.0 Å². The average molecular weight is 595 g/mol. The van der Waals surface area contributed by atoms with Gasteiger partial charge in [-0.05, 0) is 54.3 Å². The van der Waals surface area contributed by atoms with Crippen molar-refractivity contribution in [2.45, 2.75) is 38.9 Å². The number of imide groups is 2. The van der Waals surface area contributed by atoms with Crippen LogP contribution in [0.25, 0.3) is 0 Å². The third kappa shape index (κ3) is 5.52. The molecular formula is C33H31FN6O4. The van der Waals surface area contributed by atoms with E-state index < -0.39 is 29.7 Å². The smallest absolute Gasteiger partial charge is 0.264 e. The molecule has 10 nitrogen and oxygen atoms in total. The lowest BCUT2D eigenvalue weighted by Gasteiger charge is -2.37. The molecule has 3 aliphatic rings. The fraction of sp³-hybridized carbons (Fsp3) is 0.303. The monoisotopic (exact) mass is 594 g/mol. The lowest BCUT2D eigenvalue weighted by molar-refractivity contribution is -0.136. The summed E-state index contributed by atoms with van der Waals surface area (Å²) in [6.45, 7) is 5.96. The van der Waals surface area contributed by atoms with Crippen LogP contribution in [0, 0.1) is 24.1 Å². The number of amides is 4. The lowest BCUT2D eigenvalue weighted by atomic mass is 10.0. The number of hydrogen-bond acceptors (Lipinski definition) is 8. The normalized spacial score (nSPS) is 18.7. The van der Waals surface area contributed by atoms with Gasteiger partial charge in [0.25, 0.3) is 11.8 Å². The van der Waals surface area contributed by atoms with E-state index in [0.717, 1.165) is 41.2 Å². The van der Waals surface area contributed by atoms with Crippen LogP contribution in [0.2, 0.25) is 0 Å². The van der Waals surface area contributed by atoms with Gasteiger partial charge < -0.3 is 10.2 Å². The number of anilines is 2. The van der Waals surface area contributed by atoms with Gasteiger partial charge in [0, 0.05) is 51.4 Å². The highest BCUT2D eigenvalue weighted by atomic mass is 19.1. The van der Waals surface area contributed by atoms with Crippen LogP contribution >= 0.6 is 0 Å². The summed E-state index contributed by atoms with van der Waals surface area (Å²) in [4.78, 5) is 55.7. The molecule has 6 rings (SSSR count). The van der Waals surface area contributed by atoms with Gasteiger partial charge in [-0.2, -0.15) is 5.26 Å². The Bertz CT molecular complexity index is 1690. The highest BCUT2D eigenvalue weighted by Gasteiger charge is 2.45. The van der Waals surface area contributed by atoms with Gasteiger partial charge >= 0.3 is 0 Å². The molecule has 0 saturated carbocycles. The Kier molecular flexibility index (Phi) is 7.84. The topological polar surface area (TPSA) is 126 Å². The third-order valence-corrected chi connectivity index (χ3v) is 8.45. The molecule has 1 atom stereocenters. The van der Waals surface area contributed by atoms with Crippen molar-refractivity contribution in [1.29, 1.82) is 5.26 Å². The minimum Gasteiger partial charge on any atom is -0.380 e. The molecule has 0 aromatic heterocycles. The van der Waals surface area contributed by atoms with Crippen LogP contribution in [0.5, 0.6) is 0 Å². The number of piperidine rings is 1. The predicted octanol–water partition coefficient (Wildman–Crippen LogP) is 3.34. The molecule has 3 aromatic carbocycles. The van der Waals surface area contributed by atoms with E-state index in [-0.39, 0.29) is 29.8 Å². The fourth-order valence-corrected chi connectivity index (χ4v) is 6.21. The minimum atomic E-state index is -1.01. The number of nitriles is 1. The Labute approximate surface area is 254 Å². The number of nitrogens with zero attached hydrogens (tertiary/aromatic N) is 4. The summed E-state index contributed by atoms with van der Waals surface area (Å²) in [6.07, 6.45) is 0.176. The zero-order valence-electron chi connectivity index (χ0n) is 24.2. The summed E-state index contributed by atoms with van der Waals surface area (Å²) in [5.41, 5.74) is 4.76. The summed E-state index contributed by atoms with van der Waals surface area (Å²) in [6, 6.07) is 17.2. The molecule has 1 unspecified atom stereocenters. The number of benzene rings is 3. The minimum absolute atomic E-state index is 0.0688. The van der Waals surface area contributed by atoms with Crippen molar-refractivity contribution < 1.29 is 23.6 Å². The van der Waals surface area contributed by atoms with Crippen molar-refractivity contribution in [3.63, 3.8) is 0 Å². The average Bonchev–Trinajstić information content (AvgIpc) is 3.27. The molecule has 11 heteroatoms. The van der Waals surface area contributed by atoms with Crippen LogP contribution < -0.4 is 15.5 Å². The van der Waals surface area contributed by atoms with Gasteiger partial charge in [0.1, 0.15) is 11.9 Å². The molecule has 0 aliphatic carbocycles. The van der Waals surface area contributed by atoms with Crippen LogP contribution in [-0.2, 0) is 22.7 Å². The van der Waals surface area contributed by atoms with Crippen molar-refractivity contribution in [3.8, 4) is 6.07 Å². The zero-order chi connectivity index (χ0) is 31.0. The first-order chi connectivity index (χ1) is 21.2. The second-order valence-corrected chi connectivity index (χ2v) is 11.3. The third-order valence-electron chi connectivity index (χ3n) is 8.45. The highest BCUT2D eigenvalue weighted by Crippen LogP contribution is 2.33. The second kappa shape index (κ2) is 11.9. The molecule has 3 aromatic rings. The summed E-state index contributed by atoms with van der Waals surface area (Å²) in [5, 5.41) is 14.6. The Balaban J connectivity index is 1.05. The van der Waals surface area contributed by atoms with E-state index >= 15 is 0 Å². The molecule has 2 fully saturated rings. The van der Waals surface area contributed by atoms with Gasteiger partial charge in [-0.25, -0.2) is 4.39 Å². The number of fused-ring (bicyclic) bond motifs is 1. The Hall–Kier alpha value is -5.08. The summed E-state index contributed by atoms with van der Waals surface area (Å²) >= 11 is 0. The van der Waals surface area contributed by atoms with Crippen LogP contribution in [0.15, 0.2) is 54.6 Å². The van der Waals surface area contributed by atoms with Gasteiger partial charge in [0.15, 0.2) is 0 Å². The van der Waals surface area contributed by atoms with Crippen molar-refractivity contribution in [3.05, 3.63) is 93.8 Å². The van der Waals surface area contributed by atoms with Gasteiger partial charge in [-0.15, -0.1) is 0 Å². The first kappa shape index (κ1) is 29.0. The van der Waals surface area contributed by atoms with E-state index in [1.54, 1.807) is 24.3 Å². The van der Waals surface area contributed by atoms with Crippen molar-refractivity contribution >= 4 is 35.0 Å². The van der Waals surface area contributed by atoms with Gasteiger partial charge in [-0.3, -0.25) is 34.3 Å². The molecule has 2 saturated heterocycles. The fourth-order valence-electron chi connectivity index (χ4n) is 6.21. The van der Waals surface area contributed by atoms with Crippen LogP contribution in [0.3, 0.4) is 0 Å². The standard InChI is InChI=1S/C33H31FN6O4/c1-20-15-23(17-35)16-25(34)30(20)39-13-11-38(12-14-39)19-22-7-5-21(6-8-22)18-36-26-4-2-3-24-29(26)33(44)40(32(24)43)27-9-10-28(41)37-31(27)42/h2-8,15-16,27,36H,9-14,18-19H2,1H3,(H,37,41,42). The maximum atomic E-state index is 14.7. The SMILES string of the molecule is Cc1cc(C#N)cc(F)c1N1CCN(Cc2ccc(CNc3cccc4c3C(=O)N(C3CCC(=O)NC3=O)C4=O)cc2)CC1. The molecule has 3 heterocycles. The molecule has 0 bridgehead atoms. The van der Waals surface area contributed by atoms with E-state index in [1.165, 1.54) is 6.07 Å².